The van der Waals surface area contributed by atoms with Gasteiger partial charge in [-0.1, -0.05) is 42.7 Å². The summed E-state index contributed by atoms with van der Waals surface area (Å²) in [5.74, 6) is -0.806. The van der Waals surface area contributed by atoms with E-state index in [0.29, 0.717) is 70.5 Å². The van der Waals surface area contributed by atoms with Crippen molar-refractivity contribution in [1.29, 1.82) is 0 Å². The second kappa shape index (κ2) is 21.9. The van der Waals surface area contributed by atoms with Crippen LogP contribution >= 0.6 is 0 Å². The third-order valence-corrected chi connectivity index (χ3v) is 9.97. The first-order chi connectivity index (χ1) is 30.5. The molecule has 0 aliphatic carbocycles. The van der Waals surface area contributed by atoms with E-state index in [9.17, 15) is 19.2 Å². The number of nitrogens with zero attached hydrogens (tertiary/aromatic N) is 4. The van der Waals surface area contributed by atoms with Crippen molar-refractivity contribution < 1.29 is 38.1 Å². The van der Waals surface area contributed by atoms with Crippen molar-refractivity contribution in [2.75, 3.05) is 57.7 Å². The fraction of sp³-hybridized carbons (Fsp3) is 0.311. The van der Waals surface area contributed by atoms with Crippen molar-refractivity contribution in [3.05, 3.63) is 125 Å². The van der Waals surface area contributed by atoms with Crippen molar-refractivity contribution in [3.8, 4) is 11.5 Å². The largest absolute Gasteiger partial charge is 0.493 e. The molecule has 18 nitrogen and oxygen atoms in total. The summed E-state index contributed by atoms with van der Waals surface area (Å²) in [6.07, 6.45) is 8.86. The van der Waals surface area contributed by atoms with Gasteiger partial charge in [-0.3, -0.25) is 29.6 Å². The van der Waals surface area contributed by atoms with Crippen molar-refractivity contribution in [1.82, 2.24) is 26.7 Å². The summed E-state index contributed by atoms with van der Waals surface area (Å²) in [5, 5.41) is 20.9. The van der Waals surface area contributed by atoms with Crippen LogP contribution in [0.15, 0.2) is 118 Å². The number of ether oxygens (including phenoxy) is 4. The molecule has 3 aliphatic rings. The molecule has 3 aromatic carbocycles. The smallest absolute Gasteiger partial charge is 0.257 e. The molecule has 0 spiro atoms. The second-order valence-electron chi connectivity index (χ2n) is 14.6. The van der Waals surface area contributed by atoms with Crippen molar-refractivity contribution >= 4 is 46.9 Å². The van der Waals surface area contributed by atoms with Crippen LogP contribution in [0.2, 0.25) is 0 Å². The molecule has 3 aromatic rings. The third kappa shape index (κ3) is 12.3. The van der Waals surface area contributed by atoms with E-state index < -0.39 is 29.9 Å². The minimum absolute atomic E-state index is 0.00374. The van der Waals surface area contributed by atoms with Crippen LogP contribution < -0.4 is 46.4 Å². The molecule has 0 saturated heterocycles. The van der Waals surface area contributed by atoms with Crippen LogP contribution in [0.1, 0.15) is 39.9 Å². The number of rotatable bonds is 16. The molecule has 0 radical (unpaired) electrons. The number of allylic oxidation sites excluding steroid dienone is 3. The highest BCUT2D eigenvalue weighted by molar-refractivity contribution is 6.01. The summed E-state index contributed by atoms with van der Waals surface area (Å²) in [7, 11) is 4.56. The molecule has 0 saturated carbocycles. The Balaban J connectivity index is 1.23. The number of nitrogens with one attached hydrogen (secondary N) is 6. The lowest BCUT2D eigenvalue weighted by atomic mass is 10.1. The molecule has 6 rings (SSSR count). The Labute approximate surface area is 365 Å². The van der Waals surface area contributed by atoms with Gasteiger partial charge in [-0.2, -0.15) is 5.11 Å². The maximum atomic E-state index is 13.2. The highest BCUT2D eigenvalue weighted by atomic mass is 16.5. The van der Waals surface area contributed by atoms with Gasteiger partial charge < -0.3 is 50.4 Å². The Morgan fingerprint density at radius 2 is 1.65 bits per heavy atom. The zero-order valence-electron chi connectivity index (χ0n) is 35.5. The minimum Gasteiger partial charge on any atom is -0.493 e. The molecule has 3 aliphatic heterocycles. The van der Waals surface area contributed by atoms with Gasteiger partial charge in [-0.05, 0) is 72.4 Å². The Morgan fingerprint density at radius 3 is 2.41 bits per heavy atom. The monoisotopic (exact) mass is 860 g/mol. The van der Waals surface area contributed by atoms with Crippen molar-refractivity contribution in [3.63, 3.8) is 0 Å². The lowest BCUT2D eigenvalue weighted by Gasteiger charge is -2.37. The SMILES string of the molecule is C=C1/C=C\CCC=Nc2cc(OCc3cc(CO/C4=C/C(=C)NC[C@@H]5Cc6ccccc6N5C4OC)cc(NC(=O)CNC(=O)CNC(=O)CNN=NC)c3)c(OC)cc2C(=O)N1. The summed E-state index contributed by atoms with van der Waals surface area (Å²) >= 11 is 0. The van der Waals surface area contributed by atoms with E-state index in [4.69, 9.17) is 18.9 Å². The van der Waals surface area contributed by atoms with Gasteiger partial charge in [0.25, 0.3) is 5.91 Å². The lowest BCUT2D eigenvalue weighted by molar-refractivity contribution is -0.126. The van der Waals surface area contributed by atoms with E-state index in [-0.39, 0.29) is 44.5 Å². The maximum Gasteiger partial charge on any atom is 0.257 e. The fourth-order valence-corrected chi connectivity index (χ4v) is 7.11. The number of hydrogen-bond acceptors (Lipinski definition) is 13. The van der Waals surface area contributed by atoms with Crippen LogP contribution in [-0.2, 0) is 43.5 Å². The number of hydrogen-bond donors (Lipinski definition) is 6. The van der Waals surface area contributed by atoms with E-state index >= 15 is 0 Å². The zero-order valence-corrected chi connectivity index (χ0v) is 35.5. The first-order valence-corrected chi connectivity index (χ1v) is 20.2. The number of benzene rings is 3. The third-order valence-electron chi connectivity index (χ3n) is 9.97. The predicted molar refractivity (Wildman–Crippen MR) is 238 cm³/mol. The quantitative estimate of drug-likeness (QED) is 0.0884. The number of para-hydroxylation sites is 1. The molecule has 330 valence electrons. The summed E-state index contributed by atoms with van der Waals surface area (Å²) in [4.78, 5) is 57.6. The molecule has 2 atom stereocenters. The highest BCUT2D eigenvalue weighted by Crippen LogP contribution is 2.38. The molecule has 0 fully saturated rings. The molecule has 6 N–H and O–H groups in total. The van der Waals surface area contributed by atoms with Crippen LogP contribution in [0.3, 0.4) is 0 Å². The van der Waals surface area contributed by atoms with Crippen molar-refractivity contribution in [2.24, 2.45) is 15.3 Å². The Bertz CT molecular complexity index is 2340. The van der Waals surface area contributed by atoms with Crippen LogP contribution in [0.25, 0.3) is 0 Å². The van der Waals surface area contributed by atoms with Crippen LogP contribution in [0, 0.1) is 0 Å². The maximum absolute atomic E-state index is 13.2. The number of aliphatic imine (C=N–C) groups is 1. The highest BCUT2D eigenvalue weighted by Gasteiger charge is 2.38. The van der Waals surface area contributed by atoms with Gasteiger partial charge in [0, 0.05) is 54.8 Å². The van der Waals surface area contributed by atoms with Crippen LogP contribution in [0.4, 0.5) is 17.1 Å². The van der Waals surface area contributed by atoms with Gasteiger partial charge in [0.2, 0.25) is 17.7 Å². The van der Waals surface area contributed by atoms with Gasteiger partial charge >= 0.3 is 0 Å². The Kier molecular flexibility index (Phi) is 15.6. The Hall–Kier alpha value is -7.47. The molecular formula is C45H52N10O8. The van der Waals surface area contributed by atoms with Crippen LogP contribution in [0.5, 0.6) is 11.5 Å². The van der Waals surface area contributed by atoms with E-state index in [1.807, 2.05) is 30.4 Å². The molecule has 63 heavy (non-hydrogen) atoms. The van der Waals surface area contributed by atoms with Crippen molar-refractivity contribution in [2.45, 2.75) is 44.7 Å². The average molecular weight is 861 g/mol. The van der Waals surface area contributed by atoms with E-state index in [2.05, 4.69) is 77.5 Å². The first kappa shape index (κ1) is 45.1. The number of methoxy groups -OCH3 is 2. The summed E-state index contributed by atoms with van der Waals surface area (Å²) in [5.41, 5.74) is 8.21. The summed E-state index contributed by atoms with van der Waals surface area (Å²) in [6.45, 7) is 7.95. The summed E-state index contributed by atoms with van der Waals surface area (Å²) in [6, 6.07) is 16.9. The van der Waals surface area contributed by atoms with E-state index in [0.717, 1.165) is 12.1 Å². The van der Waals surface area contributed by atoms with Gasteiger partial charge in [0.1, 0.15) is 25.5 Å². The number of anilines is 2. The topological polar surface area (TPSA) is 218 Å². The second-order valence-corrected chi connectivity index (χ2v) is 14.6. The molecule has 18 heteroatoms. The average Bonchev–Trinajstić information content (AvgIpc) is 3.62. The molecule has 0 bridgehead atoms. The number of carbonyl (C=O) groups is 4. The number of carbonyl (C=O) groups excluding carboxylic acids is 4. The lowest BCUT2D eigenvalue weighted by Crippen LogP contribution is -2.49. The predicted octanol–water partition coefficient (Wildman–Crippen LogP) is 4.25. The normalized spacial score (nSPS) is 18.4. The van der Waals surface area contributed by atoms with Gasteiger partial charge in [-0.25, -0.2) is 0 Å². The van der Waals surface area contributed by atoms with E-state index in [1.165, 1.54) is 19.7 Å². The molecule has 4 amide bonds. The van der Waals surface area contributed by atoms with Crippen LogP contribution in [-0.4, -0.2) is 89.6 Å². The number of amides is 4. The van der Waals surface area contributed by atoms with E-state index in [1.54, 1.807) is 43.7 Å². The number of fused-ring (bicyclic) bond motifs is 4. The minimum atomic E-state index is -0.568. The fourth-order valence-electron chi connectivity index (χ4n) is 7.11. The molecule has 0 aromatic heterocycles. The van der Waals surface area contributed by atoms with Gasteiger partial charge in [-0.15, -0.1) is 0 Å². The zero-order chi connectivity index (χ0) is 44.7. The van der Waals surface area contributed by atoms with Gasteiger partial charge in [0.05, 0.1) is 44.5 Å². The van der Waals surface area contributed by atoms with Gasteiger partial charge in [0.15, 0.2) is 17.7 Å². The summed E-state index contributed by atoms with van der Waals surface area (Å²) < 4.78 is 24.6. The molecule has 1 unspecified atom stereocenters. The Morgan fingerprint density at radius 1 is 0.905 bits per heavy atom. The standard InChI is InChI=1S/C45H52N10O8/c1-28-11-7-6-10-14-47-36-21-39(38(60-4)20-35(36)44(59)52-28)62-26-30-16-31(18-33(17-30)53-43(58)24-50-41(56)23-49-42(57)25-51-54-46-3)27-63-40-15-29(2)48-22-34-19-32-12-8-9-13-37(32)55(34)45(40)61-5/h7-9,11-18,20-21,34,45,48H,1-2,6,10,19,22-27H2,3-5H3,(H,46,51)(H,49,57)(H,50,56)(H,52,59)(H,53,58)/b11-7-,40-15+,47-14?/t34-,45?/m0/s1. The first-order valence-electron chi connectivity index (χ1n) is 20.2. The molecular weight excluding hydrogens is 809 g/mol. The molecule has 3 heterocycles.